The monoisotopic (exact) mass is 219 g/mol. The van der Waals surface area contributed by atoms with Gasteiger partial charge in [-0.1, -0.05) is 12.2 Å². The first-order valence-corrected chi connectivity index (χ1v) is 5.55. The van der Waals surface area contributed by atoms with Gasteiger partial charge in [-0.25, -0.2) is 0 Å². The summed E-state index contributed by atoms with van der Waals surface area (Å²) in [6.07, 6.45) is 5.68. The summed E-state index contributed by atoms with van der Waals surface area (Å²) in [5.41, 5.74) is 7.84. The van der Waals surface area contributed by atoms with E-state index >= 15 is 0 Å². The third-order valence-electron chi connectivity index (χ3n) is 2.66. The van der Waals surface area contributed by atoms with E-state index in [2.05, 4.69) is 43.3 Å². The first kappa shape index (κ1) is 12.6. The van der Waals surface area contributed by atoms with Gasteiger partial charge in [0.1, 0.15) is 5.84 Å². The van der Waals surface area contributed by atoms with Crippen LogP contribution in [0.25, 0.3) is 0 Å². The van der Waals surface area contributed by atoms with Gasteiger partial charge in [-0.15, -0.1) is 6.58 Å². The zero-order chi connectivity index (χ0) is 12.3. The topological polar surface area (TPSA) is 41.6 Å². The number of nitrogens with zero attached hydrogens (tertiary/aromatic N) is 2. The highest BCUT2D eigenvalue weighted by atomic mass is 15.2. The van der Waals surface area contributed by atoms with E-state index in [1.807, 2.05) is 13.1 Å². The van der Waals surface area contributed by atoms with E-state index in [-0.39, 0.29) is 12.1 Å². The number of rotatable bonds is 2. The van der Waals surface area contributed by atoms with Crippen molar-refractivity contribution >= 4 is 5.84 Å². The highest BCUT2D eigenvalue weighted by Gasteiger charge is 2.24. The van der Waals surface area contributed by atoms with Crippen molar-refractivity contribution in [2.45, 2.75) is 32.9 Å². The fraction of sp³-hybridized carbons (Fsp3) is 0.462. The van der Waals surface area contributed by atoms with Gasteiger partial charge >= 0.3 is 0 Å². The fourth-order valence-corrected chi connectivity index (χ4v) is 1.80. The van der Waals surface area contributed by atoms with Crippen LogP contribution in [-0.2, 0) is 0 Å². The van der Waals surface area contributed by atoms with Gasteiger partial charge in [-0.05, 0) is 26.3 Å². The number of aliphatic imine (C=N–C) groups is 1. The standard InChI is InChI=1S/C13H21N3/c1-6-11-7-10(4)12(8-14)13(16(11)5)15-9(2)3/h6-9,11H,1,14H2,2-5H3. The third kappa shape index (κ3) is 2.35. The molecular weight excluding hydrogens is 198 g/mol. The Labute approximate surface area is 98.0 Å². The summed E-state index contributed by atoms with van der Waals surface area (Å²) < 4.78 is 0. The van der Waals surface area contributed by atoms with Crippen LogP contribution in [0.4, 0.5) is 0 Å². The van der Waals surface area contributed by atoms with Crippen molar-refractivity contribution in [1.29, 1.82) is 0 Å². The van der Waals surface area contributed by atoms with Crippen molar-refractivity contribution in [3.63, 3.8) is 0 Å². The summed E-state index contributed by atoms with van der Waals surface area (Å²) in [7, 11) is 2.01. The second-order valence-electron chi connectivity index (χ2n) is 4.31. The maximum absolute atomic E-state index is 5.67. The van der Waals surface area contributed by atoms with Gasteiger partial charge in [0.15, 0.2) is 0 Å². The maximum Gasteiger partial charge on any atom is 0.133 e. The fourth-order valence-electron chi connectivity index (χ4n) is 1.80. The van der Waals surface area contributed by atoms with Crippen LogP contribution in [0.1, 0.15) is 20.8 Å². The Kier molecular flexibility index (Phi) is 3.93. The Morgan fingerprint density at radius 3 is 2.62 bits per heavy atom. The lowest BCUT2D eigenvalue weighted by molar-refractivity contribution is 0.474. The lowest BCUT2D eigenvalue weighted by atomic mass is 9.98. The quantitative estimate of drug-likeness (QED) is 0.722. The first-order valence-electron chi connectivity index (χ1n) is 5.55. The molecule has 1 aliphatic heterocycles. The summed E-state index contributed by atoms with van der Waals surface area (Å²) in [5.74, 6) is 0.947. The predicted octanol–water partition coefficient (Wildman–Crippen LogP) is 2.08. The Morgan fingerprint density at radius 1 is 1.56 bits per heavy atom. The molecule has 0 bridgehead atoms. The molecule has 0 amide bonds. The lowest BCUT2D eigenvalue weighted by Crippen LogP contribution is -2.40. The number of hydrogen-bond acceptors (Lipinski definition) is 2. The largest absolute Gasteiger partial charge is 0.404 e. The zero-order valence-electron chi connectivity index (χ0n) is 10.6. The normalized spacial score (nSPS) is 26.4. The van der Waals surface area contributed by atoms with E-state index in [0.717, 1.165) is 17.0 Å². The molecule has 1 rings (SSSR count). The van der Waals surface area contributed by atoms with Gasteiger partial charge in [-0.3, -0.25) is 4.99 Å². The highest BCUT2D eigenvalue weighted by molar-refractivity contribution is 6.03. The molecule has 1 aliphatic rings. The van der Waals surface area contributed by atoms with Crippen LogP contribution in [0.15, 0.2) is 41.1 Å². The molecule has 0 aromatic heterocycles. The van der Waals surface area contributed by atoms with Crippen molar-refractivity contribution in [1.82, 2.24) is 4.90 Å². The van der Waals surface area contributed by atoms with Gasteiger partial charge in [0, 0.05) is 24.9 Å². The molecule has 0 radical (unpaired) electrons. The molecule has 1 atom stereocenters. The number of amidine groups is 1. The molecule has 3 nitrogen and oxygen atoms in total. The molecule has 3 heteroatoms. The van der Waals surface area contributed by atoms with Crippen molar-refractivity contribution < 1.29 is 0 Å². The Morgan fingerprint density at radius 2 is 2.19 bits per heavy atom. The van der Waals surface area contributed by atoms with E-state index < -0.39 is 0 Å². The summed E-state index contributed by atoms with van der Waals surface area (Å²) in [4.78, 5) is 6.72. The Balaban J connectivity index is 3.24. The zero-order valence-corrected chi connectivity index (χ0v) is 10.6. The van der Waals surface area contributed by atoms with Crippen LogP contribution in [0, 0.1) is 0 Å². The van der Waals surface area contributed by atoms with E-state index in [1.165, 1.54) is 0 Å². The summed E-state index contributed by atoms with van der Waals surface area (Å²) in [5, 5.41) is 0. The predicted molar refractivity (Wildman–Crippen MR) is 70.3 cm³/mol. The summed E-state index contributed by atoms with van der Waals surface area (Å²) >= 11 is 0. The number of hydrogen-bond donors (Lipinski definition) is 1. The minimum atomic E-state index is 0.196. The van der Waals surface area contributed by atoms with E-state index in [4.69, 9.17) is 5.73 Å². The Hall–Kier alpha value is -1.51. The second-order valence-corrected chi connectivity index (χ2v) is 4.31. The lowest BCUT2D eigenvalue weighted by Gasteiger charge is -2.33. The van der Waals surface area contributed by atoms with Gasteiger partial charge in [0.2, 0.25) is 0 Å². The minimum Gasteiger partial charge on any atom is -0.404 e. The molecule has 2 N–H and O–H groups in total. The molecule has 16 heavy (non-hydrogen) atoms. The second kappa shape index (κ2) is 5.01. The minimum absolute atomic E-state index is 0.196. The summed E-state index contributed by atoms with van der Waals surface area (Å²) in [6, 6.07) is 0.449. The molecular formula is C13H21N3. The molecule has 0 saturated heterocycles. The molecule has 0 spiro atoms. The molecule has 0 aromatic rings. The van der Waals surface area contributed by atoms with Crippen LogP contribution < -0.4 is 5.73 Å². The number of likely N-dealkylation sites (N-methyl/N-ethyl adjacent to an activating group) is 1. The summed E-state index contributed by atoms with van der Waals surface area (Å²) in [6.45, 7) is 10.0. The van der Waals surface area contributed by atoms with Crippen molar-refractivity contribution in [2.24, 2.45) is 10.7 Å². The van der Waals surface area contributed by atoms with E-state index in [0.29, 0.717) is 0 Å². The maximum atomic E-state index is 5.67. The Bertz CT molecular complexity index is 361. The van der Waals surface area contributed by atoms with Crippen molar-refractivity contribution in [2.75, 3.05) is 7.05 Å². The van der Waals surface area contributed by atoms with Crippen LogP contribution in [-0.4, -0.2) is 29.9 Å². The van der Waals surface area contributed by atoms with Crippen LogP contribution in [0.2, 0.25) is 0 Å². The van der Waals surface area contributed by atoms with Gasteiger partial charge in [0.05, 0.1) is 6.04 Å². The molecule has 0 aliphatic carbocycles. The molecule has 0 aromatic carbocycles. The van der Waals surface area contributed by atoms with Crippen LogP contribution >= 0.6 is 0 Å². The third-order valence-corrected chi connectivity index (χ3v) is 2.66. The van der Waals surface area contributed by atoms with Crippen molar-refractivity contribution in [3.8, 4) is 0 Å². The smallest absolute Gasteiger partial charge is 0.133 e. The molecule has 0 fully saturated rings. The molecule has 1 unspecified atom stereocenters. The van der Waals surface area contributed by atoms with Gasteiger partial charge in [0.25, 0.3) is 0 Å². The van der Waals surface area contributed by atoms with Crippen LogP contribution in [0.5, 0.6) is 0 Å². The average molecular weight is 219 g/mol. The van der Waals surface area contributed by atoms with E-state index in [9.17, 15) is 0 Å². The average Bonchev–Trinajstić information content (AvgIpc) is 2.22. The van der Waals surface area contributed by atoms with Gasteiger partial charge in [-0.2, -0.15) is 0 Å². The van der Waals surface area contributed by atoms with Crippen LogP contribution in [0.3, 0.4) is 0 Å². The first-order chi connectivity index (χ1) is 7.51. The molecule has 1 heterocycles. The molecule has 0 saturated carbocycles. The highest BCUT2D eigenvalue weighted by Crippen LogP contribution is 2.23. The van der Waals surface area contributed by atoms with Crippen molar-refractivity contribution in [3.05, 3.63) is 36.1 Å². The van der Waals surface area contributed by atoms with Gasteiger partial charge < -0.3 is 10.6 Å². The molecule has 88 valence electrons. The van der Waals surface area contributed by atoms with E-state index in [1.54, 1.807) is 6.20 Å². The SMILES string of the molecule is C=CC1C=C(C)C(=CN)C(=NC(C)C)N1C. The number of nitrogens with two attached hydrogens (primary N) is 1.